The SMILES string of the molecule is Cc1ccc(N2CC[NH+](C3C4CC5CC(C4)CC3C5)CC2)cc1. The van der Waals surface area contributed by atoms with Crippen LogP contribution in [0.5, 0.6) is 0 Å². The van der Waals surface area contributed by atoms with Crippen LogP contribution in [0.1, 0.15) is 37.7 Å². The molecule has 1 aromatic rings. The first kappa shape index (κ1) is 14.3. The smallest absolute Gasteiger partial charge is 0.0951 e. The summed E-state index contributed by atoms with van der Waals surface area (Å²) in [6.07, 6.45) is 7.87. The maximum atomic E-state index is 2.61. The van der Waals surface area contributed by atoms with Crippen LogP contribution < -0.4 is 9.80 Å². The molecule has 5 fully saturated rings. The molecule has 4 saturated carbocycles. The Morgan fingerprint density at radius 1 is 0.826 bits per heavy atom. The molecular formula is C21H31N2+. The van der Waals surface area contributed by atoms with E-state index in [1.165, 1.54) is 37.4 Å². The van der Waals surface area contributed by atoms with E-state index in [2.05, 4.69) is 36.1 Å². The van der Waals surface area contributed by atoms with E-state index in [0.29, 0.717) is 0 Å². The lowest BCUT2D eigenvalue weighted by Gasteiger charge is -2.56. The van der Waals surface area contributed by atoms with Gasteiger partial charge in [-0.2, -0.15) is 0 Å². The van der Waals surface area contributed by atoms with E-state index >= 15 is 0 Å². The average molecular weight is 311 g/mol. The molecule has 2 nitrogen and oxygen atoms in total. The lowest BCUT2D eigenvalue weighted by atomic mass is 9.54. The first-order chi connectivity index (χ1) is 11.3. The number of benzene rings is 1. The summed E-state index contributed by atoms with van der Waals surface area (Å²) >= 11 is 0. The Kier molecular flexibility index (Phi) is 3.44. The van der Waals surface area contributed by atoms with Crippen LogP contribution in [-0.2, 0) is 0 Å². The van der Waals surface area contributed by atoms with Crippen molar-refractivity contribution in [2.24, 2.45) is 23.7 Å². The van der Waals surface area contributed by atoms with Crippen molar-refractivity contribution in [1.29, 1.82) is 0 Å². The zero-order chi connectivity index (χ0) is 15.4. The molecule has 1 aromatic carbocycles. The third-order valence-corrected chi connectivity index (χ3v) is 7.50. The molecule has 1 aliphatic heterocycles. The van der Waals surface area contributed by atoms with Crippen molar-refractivity contribution in [3.05, 3.63) is 29.8 Å². The molecule has 1 N–H and O–H groups in total. The molecule has 6 rings (SSSR count). The number of rotatable bonds is 2. The van der Waals surface area contributed by atoms with Gasteiger partial charge in [0.2, 0.25) is 0 Å². The number of hydrogen-bond donors (Lipinski definition) is 1. The van der Waals surface area contributed by atoms with Gasteiger partial charge in [-0.1, -0.05) is 17.7 Å². The van der Waals surface area contributed by atoms with Crippen molar-refractivity contribution in [3.63, 3.8) is 0 Å². The molecule has 23 heavy (non-hydrogen) atoms. The van der Waals surface area contributed by atoms with Crippen molar-refractivity contribution >= 4 is 5.69 Å². The van der Waals surface area contributed by atoms with Crippen LogP contribution >= 0.6 is 0 Å². The zero-order valence-electron chi connectivity index (χ0n) is 14.5. The second-order valence-corrected chi connectivity index (χ2v) is 8.94. The van der Waals surface area contributed by atoms with Crippen molar-refractivity contribution in [1.82, 2.24) is 0 Å². The first-order valence-corrected chi connectivity index (χ1v) is 9.92. The van der Waals surface area contributed by atoms with Crippen molar-refractivity contribution in [2.75, 3.05) is 31.1 Å². The van der Waals surface area contributed by atoms with Gasteiger partial charge in [0.1, 0.15) is 0 Å². The van der Waals surface area contributed by atoms with E-state index in [0.717, 1.165) is 29.7 Å². The molecule has 0 atom stereocenters. The van der Waals surface area contributed by atoms with Crippen molar-refractivity contribution in [2.45, 2.75) is 45.1 Å². The quantitative estimate of drug-likeness (QED) is 0.882. The van der Waals surface area contributed by atoms with Gasteiger partial charge >= 0.3 is 0 Å². The minimum atomic E-state index is 1.02. The largest absolute Gasteiger partial charge is 0.360 e. The Labute approximate surface area is 140 Å². The number of hydrogen-bond acceptors (Lipinski definition) is 1. The van der Waals surface area contributed by atoms with E-state index in [-0.39, 0.29) is 0 Å². The number of piperazine rings is 1. The summed E-state index contributed by atoms with van der Waals surface area (Å²) in [7, 11) is 0. The summed E-state index contributed by atoms with van der Waals surface area (Å²) in [4.78, 5) is 4.57. The lowest BCUT2D eigenvalue weighted by molar-refractivity contribution is -0.936. The van der Waals surface area contributed by atoms with E-state index < -0.39 is 0 Å². The van der Waals surface area contributed by atoms with Gasteiger partial charge in [-0.3, -0.25) is 0 Å². The molecule has 4 aliphatic carbocycles. The highest BCUT2D eigenvalue weighted by Crippen LogP contribution is 2.53. The van der Waals surface area contributed by atoms with Crippen molar-refractivity contribution in [3.8, 4) is 0 Å². The number of anilines is 1. The predicted molar refractivity (Wildman–Crippen MR) is 94.9 cm³/mol. The summed E-state index contributed by atoms with van der Waals surface area (Å²) in [5.74, 6) is 4.38. The van der Waals surface area contributed by atoms with E-state index in [1.54, 1.807) is 32.1 Å². The monoisotopic (exact) mass is 311 g/mol. The fourth-order valence-corrected chi connectivity index (χ4v) is 6.73. The summed E-state index contributed by atoms with van der Waals surface area (Å²) in [6, 6.07) is 10.1. The average Bonchev–Trinajstić information content (AvgIpc) is 2.55. The van der Waals surface area contributed by atoms with Crippen LogP contribution in [0.4, 0.5) is 5.69 Å². The van der Waals surface area contributed by atoms with Crippen LogP contribution in [0, 0.1) is 30.6 Å². The van der Waals surface area contributed by atoms with Crippen LogP contribution in [0.25, 0.3) is 0 Å². The normalized spacial score (nSPS) is 39.9. The van der Waals surface area contributed by atoms with Crippen LogP contribution in [0.2, 0.25) is 0 Å². The summed E-state index contributed by atoms with van der Waals surface area (Å²) < 4.78 is 0. The highest BCUT2D eigenvalue weighted by atomic mass is 15.3. The molecule has 0 radical (unpaired) electrons. The molecule has 1 heterocycles. The maximum Gasteiger partial charge on any atom is 0.0951 e. The molecule has 0 spiro atoms. The highest BCUT2D eigenvalue weighted by Gasteiger charge is 2.52. The fraction of sp³-hybridized carbons (Fsp3) is 0.714. The van der Waals surface area contributed by atoms with Crippen LogP contribution in [0.15, 0.2) is 24.3 Å². The Morgan fingerprint density at radius 2 is 1.39 bits per heavy atom. The first-order valence-electron chi connectivity index (χ1n) is 9.92. The summed E-state index contributed by atoms with van der Waals surface area (Å²) in [6.45, 7) is 7.41. The maximum absolute atomic E-state index is 2.61. The molecule has 5 aliphatic rings. The third-order valence-electron chi connectivity index (χ3n) is 7.50. The van der Waals surface area contributed by atoms with Crippen LogP contribution in [0.3, 0.4) is 0 Å². The molecular weight excluding hydrogens is 280 g/mol. The number of nitrogens with one attached hydrogen (secondary N) is 1. The topological polar surface area (TPSA) is 7.68 Å². The second-order valence-electron chi connectivity index (χ2n) is 8.94. The third kappa shape index (κ3) is 2.50. The minimum Gasteiger partial charge on any atom is -0.360 e. The predicted octanol–water partition coefficient (Wildman–Crippen LogP) is 2.52. The van der Waals surface area contributed by atoms with Crippen LogP contribution in [-0.4, -0.2) is 32.2 Å². The van der Waals surface area contributed by atoms with E-state index in [1.807, 2.05) is 4.90 Å². The van der Waals surface area contributed by atoms with Gasteiger partial charge in [0.15, 0.2) is 0 Å². The molecule has 4 bridgehead atoms. The van der Waals surface area contributed by atoms with Gasteiger partial charge in [0.05, 0.1) is 32.2 Å². The zero-order valence-corrected chi connectivity index (χ0v) is 14.5. The Hall–Kier alpha value is -1.02. The summed E-state index contributed by atoms with van der Waals surface area (Å²) in [5, 5.41) is 0. The van der Waals surface area contributed by atoms with E-state index in [4.69, 9.17) is 0 Å². The van der Waals surface area contributed by atoms with Gasteiger partial charge < -0.3 is 9.80 Å². The van der Waals surface area contributed by atoms with Gasteiger partial charge in [-0.05, 0) is 63.0 Å². The Balaban J connectivity index is 1.26. The van der Waals surface area contributed by atoms with Gasteiger partial charge in [0.25, 0.3) is 0 Å². The molecule has 2 heteroatoms. The summed E-state index contributed by atoms with van der Waals surface area (Å²) in [5.41, 5.74) is 2.80. The Morgan fingerprint density at radius 3 is 1.96 bits per heavy atom. The molecule has 124 valence electrons. The van der Waals surface area contributed by atoms with Gasteiger partial charge in [0, 0.05) is 17.5 Å². The molecule has 1 saturated heterocycles. The molecule has 0 amide bonds. The lowest BCUT2D eigenvalue weighted by Crippen LogP contribution is -3.20. The standard InChI is InChI=1S/C21H30N2/c1-15-2-4-20(5-3-15)22-6-8-23(9-7-22)21-18-11-16-10-17(13-18)14-19(21)12-16/h2-5,16-19,21H,6-14H2,1H3/p+1. The highest BCUT2D eigenvalue weighted by molar-refractivity contribution is 5.47. The van der Waals surface area contributed by atoms with E-state index in [9.17, 15) is 0 Å². The van der Waals surface area contributed by atoms with Crippen molar-refractivity contribution < 1.29 is 4.90 Å². The molecule has 0 aromatic heterocycles. The molecule has 0 unspecified atom stereocenters. The number of aryl methyl sites for hydroxylation is 1. The Bertz CT molecular complexity index is 528. The number of nitrogens with zero attached hydrogens (tertiary/aromatic N) is 1. The second kappa shape index (κ2) is 5.51. The van der Waals surface area contributed by atoms with Gasteiger partial charge in [-0.15, -0.1) is 0 Å². The minimum absolute atomic E-state index is 1.02. The number of quaternary nitrogens is 1. The fourth-order valence-electron chi connectivity index (χ4n) is 6.73. The van der Waals surface area contributed by atoms with Gasteiger partial charge in [-0.25, -0.2) is 0 Å².